The summed E-state index contributed by atoms with van der Waals surface area (Å²) in [4.78, 5) is 23.4. The summed E-state index contributed by atoms with van der Waals surface area (Å²) in [6.07, 6.45) is 4.87. The van der Waals surface area contributed by atoms with Gasteiger partial charge in [0, 0.05) is 17.4 Å². The van der Waals surface area contributed by atoms with E-state index in [2.05, 4.69) is 0 Å². The van der Waals surface area contributed by atoms with E-state index in [1.165, 1.54) is 6.92 Å². The molecule has 0 aromatic rings. The van der Waals surface area contributed by atoms with Gasteiger partial charge < -0.3 is 0 Å². The van der Waals surface area contributed by atoms with Crippen LogP contribution >= 0.6 is 0 Å². The number of amides is 1. The van der Waals surface area contributed by atoms with Crippen molar-refractivity contribution in [1.82, 2.24) is 5.01 Å². The van der Waals surface area contributed by atoms with Crippen LogP contribution in [0.5, 0.6) is 0 Å². The number of carbonyl (C=O) groups is 1. The fourth-order valence-corrected chi connectivity index (χ4v) is 1.97. The number of rotatable bonds is 2. The molecule has 1 amide bonds. The fourth-order valence-electron chi connectivity index (χ4n) is 1.97. The van der Waals surface area contributed by atoms with E-state index in [1.807, 2.05) is 0 Å². The van der Waals surface area contributed by atoms with Crippen LogP contribution in [0.3, 0.4) is 0 Å². The molecule has 0 saturated carbocycles. The highest BCUT2D eigenvalue weighted by Gasteiger charge is 2.52. The normalized spacial score (nSPS) is 26.8. The third-order valence-corrected chi connectivity index (χ3v) is 3.66. The van der Waals surface area contributed by atoms with Crippen LogP contribution in [0.4, 0.5) is 0 Å². The Labute approximate surface area is 113 Å². The Kier molecular flexibility index (Phi) is 3.86. The highest BCUT2D eigenvalue weighted by molar-refractivity contribution is 5.83. The lowest BCUT2D eigenvalue weighted by Gasteiger charge is -2.37. The van der Waals surface area contributed by atoms with Crippen LogP contribution in [0.25, 0.3) is 0 Å². The van der Waals surface area contributed by atoms with Crippen LogP contribution in [0.15, 0.2) is 23.8 Å². The number of nitro groups is 1. The number of nitrogens with zero attached hydrogens (tertiary/aromatic N) is 2. The minimum absolute atomic E-state index is 0.415. The summed E-state index contributed by atoms with van der Waals surface area (Å²) in [5.74, 6) is 4.46. The maximum atomic E-state index is 12.4. The third kappa shape index (κ3) is 2.53. The summed E-state index contributed by atoms with van der Waals surface area (Å²) in [7, 11) is 0. The molecule has 2 unspecified atom stereocenters. The lowest BCUT2D eigenvalue weighted by atomic mass is 9.76. The van der Waals surface area contributed by atoms with Gasteiger partial charge in [0.1, 0.15) is 5.92 Å². The molecular weight excluding hydrogens is 246 g/mol. The molecule has 0 aromatic carbocycles. The Morgan fingerprint density at radius 2 is 2.05 bits per heavy atom. The molecule has 0 saturated heterocycles. The summed E-state index contributed by atoms with van der Waals surface area (Å²) < 4.78 is 0. The molecule has 2 atom stereocenters. The average molecular weight is 267 g/mol. The van der Waals surface area contributed by atoms with E-state index in [0.29, 0.717) is 5.57 Å². The molecule has 106 valence electrons. The molecule has 1 aliphatic carbocycles. The van der Waals surface area contributed by atoms with Crippen molar-refractivity contribution >= 4 is 5.91 Å². The van der Waals surface area contributed by atoms with Crippen molar-refractivity contribution in [2.75, 3.05) is 0 Å². The summed E-state index contributed by atoms with van der Waals surface area (Å²) in [6.45, 7) is 8.46. The predicted molar refractivity (Wildman–Crippen MR) is 72.6 cm³/mol. The molecular formula is C13H21N3O3. The molecule has 19 heavy (non-hydrogen) atoms. The van der Waals surface area contributed by atoms with Crippen molar-refractivity contribution in [3.05, 3.63) is 33.9 Å². The van der Waals surface area contributed by atoms with Crippen molar-refractivity contribution in [1.29, 1.82) is 0 Å². The fraction of sp³-hybridized carbons (Fsp3) is 0.615. The zero-order valence-electron chi connectivity index (χ0n) is 12.0. The second-order valence-electron chi connectivity index (χ2n) is 6.00. The van der Waals surface area contributed by atoms with Crippen LogP contribution in [0.1, 0.15) is 34.6 Å². The van der Waals surface area contributed by atoms with Crippen LogP contribution in [0, 0.1) is 16.0 Å². The first kappa shape index (κ1) is 15.4. The van der Waals surface area contributed by atoms with Crippen molar-refractivity contribution in [3.8, 4) is 0 Å². The zero-order chi connectivity index (χ0) is 15.0. The SMILES string of the molecule is CC1=CC=CC(C(=O)N(N)C(C)(C)C)C1(C)[N+](=O)[O-]. The highest BCUT2D eigenvalue weighted by Crippen LogP contribution is 2.35. The number of hydrazine groups is 1. The molecule has 0 bridgehead atoms. The predicted octanol–water partition coefficient (Wildman–Crippen LogP) is 1.65. The standard InChI is InChI=1S/C13H21N3O3/c1-9-7-6-8-10(13(9,5)16(18)19)11(17)15(14)12(2,3)4/h6-8,10H,14H2,1-5H3. The van der Waals surface area contributed by atoms with E-state index in [4.69, 9.17) is 5.84 Å². The Balaban J connectivity index is 3.19. The van der Waals surface area contributed by atoms with E-state index < -0.39 is 27.8 Å². The van der Waals surface area contributed by atoms with Gasteiger partial charge >= 0.3 is 0 Å². The number of nitrogens with two attached hydrogens (primary N) is 1. The molecule has 6 nitrogen and oxygen atoms in total. The second-order valence-corrected chi connectivity index (χ2v) is 6.00. The number of carbonyl (C=O) groups excluding carboxylic acids is 1. The van der Waals surface area contributed by atoms with Gasteiger partial charge in [-0.25, -0.2) is 5.84 Å². The first-order valence-electron chi connectivity index (χ1n) is 6.11. The largest absolute Gasteiger partial charge is 0.275 e. The summed E-state index contributed by atoms with van der Waals surface area (Å²) in [5, 5.41) is 12.5. The molecule has 2 N–H and O–H groups in total. The molecule has 0 spiro atoms. The molecule has 0 aromatic heterocycles. The van der Waals surface area contributed by atoms with E-state index in [1.54, 1.807) is 45.9 Å². The van der Waals surface area contributed by atoms with E-state index >= 15 is 0 Å². The van der Waals surface area contributed by atoms with Crippen molar-refractivity contribution in [2.45, 2.75) is 45.7 Å². The van der Waals surface area contributed by atoms with Gasteiger partial charge in [-0.1, -0.05) is 18.2 Å². The third-order valence-electron chi connectivity index (χ3n) is 3.66. The maximum Gasteiger partial charge on any atom is 0.255 e. The van der Waals surface area contributed by atoms with Crippen LogP contribution in [-0.2, 0) is 4.79 Å². The van der Waals surface area contributed by atoms with E-state index in [0.717, 1.165) is 5.01 Å². The monoisotopic (exact) mass is 267 g/mol. The highest BCUT2D eigenvalue weighted by atomic mass is 16.6. The Bertz CT molecular complexity index is 462. The minimum Gasteiger partial charge on any atom is -0.275 e. The number of allylic oxidation sites excluding steroid dienone is 2. The van der Waals surface area contributed by atoms with Crippen molar-refractivity contribution in [3.63, 3.8) is 0 Å². The quantitative estimate of drug-likeness (QED) is 0.356. The summed E-state index contributed by atoms with van der Waals surface area (Å²) >= 11 is 0. The van der Waals surface area contributed by atoms with Crippen LogP contribution < -0.4 is 5.84 Å². The molecule has 0 fully saturated rings. The molecule has 1 aliphatic rings. The van der Waals surface area contributed by atoms with Gasteiger partial charge in [0.15, 0.2) is 0 Å². The van der Waals surface area contributed by atoms with Gasteiger partial charge in [0.25, 0.3) is 11.4 Å². The molecule has 1 rings (SSSR count). The minimum atomic E-state index is -1.45. The zero-order valence-corrected chi connectivity index (χ0v) is 12.0. The van der Waals surface area contributed by atoms with Gasteiger partial charge in [0.2, 0.25) is 0 Å². The Morgan fingerprint density at radius 1 is 1.53 bits per heavy atom. The van der Waals surface area contributed by atoms with Gasteiger partial charge in [-0.15, -0.1) is 0 Å². The van der Waals surface area contributed by atoms with Crippen LogP contribution in [0.2, 0.25) is 0 Å². The van der Waals surface area contributed by atoms with Gasteiger partial charge in [-0.2, -0.15) is 0 Å². The van der Waals surface area contributed by atoms with E-state index in [-0.39, 0.29) is 0 Å². The Morgan fingerprint density at radius 3 is 2.47 bits per heavy atom. The maximum absolute atomic E-state index is 12.4. The van der Waals surface area contributed by atoms with Crippen molar-refractivity contribution in [2.24, 2.45) is 11.8 Å². The Hall–Kier alpha value is -1.69. The summed E-state index contributed by atoms with van der Waals surface area (Å²) in [5.41, 5.74) is -1.49. The molecule has 0 radical (unpaired) electrons. The molecule has 0 heterocycles. The van der Waals surface area contributed by atoms with Gasteiger partial charge in [-0.05, 0) is 27.7 Å². The average Bonchev–Trinajstić information content (AvgIpc) is 2.29. The van der Waals surface area contributed by atoms with Crippen molar-refractivity contribution < 1.29 is 9.72 Å². The van der Waals surface area contributed by atoms with Crippen LogP contribution in [-0.4, -0.2) is 26.9 Å². The van der Waals surface area contributed by atoms with E-state index in [9.17, 15) is 14.9 Å². The molecule has 0 aliphatic heterocycles. The number of hydrogen-bond donors (Lipinski definition) is 1. The smallest absolute Gasteiger partial charge is 0.255 e. The topological polar surface area (TPSA) is 89.5 Å². The first-order valence-corrected chi connectivity index (χ1v) is 6.11. The second kappa shape index (κ2) is 4.77. The first-order chi connectivity index (χ1) is 8.52. The lowest BCUT2D eigenvalue weighted by molar-refractivity contribution is -0.559. The van der Waals surface area contributed by atoms with Gasteiger partial charge in [-0.3, -0.25) is 19.9 Å². The number of hydrogen-bond acceptors (Lipinski definition) is 4. The van der Waals surface area contributed by atoms with Gasteiger partial charge in [0.05, 0.1) is 5.54 Å². The molecule has 6 heteroatoms. The summed E-state index contributed by atoms with van der Waals surface area (Å²) in [6, 6.07) is 0. The lowest BCUT2D eigenvalue weighted by Crippen LogP contribution is -2.58.